The lowest BCUT2D eigenvalue weighted by atomic mass is 9.97. The van der Waals surface area contributed by atoms with Crippen LogP contribution in [0.2, 0.25) is 5.02 Å². The van der Waals surface area contributed by atoms with Crippen LogP contribution in [0, 0.1) is 6.92 Å². The number of aliphatic hydroxyl groups excluding tert-OH is 1. The summed E-state index contributed by atoms with van der Waals surface area (Å²) in [5.74, 6) is -3.36. The molecule has 0 unspecified atom stereocenters. The van der Waals surface area contributed by atoms with Crippen molar-refractivity contribution in [2.24, 2.45) is 0 Å². The predicted octanol–water partition coefficient (Wildman–Crippen LogP) is 3.32. The fourth-order valence-electron chi connectivity index (χ4n) is 3.54. The zero-order valence-corrected chi connectivity index (χ0v) is 19.8. The number of aryl methyl sites for hydroxylation is 1. The molecule has 0 aromatic heterocycles. The van der Waals surface area contributed by atoms with Gasteiger partial charge in [-0.1, -0.05) is 66.2 Å². The van der Waals surface area contributed by atoms with Crippen LogP contribution in [-0.2, 0) is 20.8 Å². The molecular weight excluding hydrogens is 470 g/mol. The number of hydrogen-bond acceptors (Lipinski definition) is 5. The molecule has 5 N–H and O–H groups in total. The summed E-state index contributed by atoms with van der Waals surface area (Å²) in [6.45, 7) is 1.89. The highest BCUT2D eigenvalue weighted by atomic mass is 35.5. The fourth-order valence-corrected chi connectivity index (χ4v) is 3.86. The maximum absolute atomic E-state index is 12.5. The van der Waals surface area contributed by atoms with Gasteiger partial charge in [0.25, 0.3) is 0 Å². The van der Waals surface area contributed by atoms with Crippen molar-refractivity contribution >= 4 is 35.1 Å². The second kappa shape index (κ2) is 12.0. The molecule has 3 aromatic carbocycles. The summed E-state index contributed by atoms with van der Waals surface area (Å²) in [5, 5.41) is 22.0. The Bertz CT molecular complexity index is 1200. The second-order valence-corrected chi connectivity index (χ2v) is 8.50. The largest absolute Gasteiger partial charge is 0.479 e. The molecule has 0 saturated heterocycles. The van der Waals surface area contributed by atoms with Crippen molar-refractivity contribution in [1.29, 1.82) is 0 Å². The number of carboxylic acids is 1. The first kappa shape index (κ1) is 25.7. The van der Waals surface area contributed by atoms with Gasteiger partial charge in [-0.25, -0.2) is 4.79 Å². The summed E-state index contributed by atoms with van der Waals surface area (Å²) in [6, 6.07) is 21.3. The minimum absolute atomic E-state index is 0.156. The van der Waals surface area contributed by atoms with Gasteiger partial charge in [-0.2, -0.15) is 0 Å². The number of carbonyl (C=O) groups excluding carboxylic acids is 2. The molecule has 35 heavy (non-hydrogen) atoms. The van der Waals surface area contributed by atoms with Crippen molar-refractivity contribution in [3.8, 4) is 11.1 Å². The SMILES string of the molecule is Cc1cccc(NNC(=O)C(=O)N[C@H](Cc2ccc(-c3ccccc3)c(Cl)c2)C[C@@H](O)C(=O)O)c1. The summed E-state index contributed by atoms with van der Waals surface area (Å²) in [7, 11) is 0. The number of anilines is 1. The summed E-state index contributed by atoms with van der Waals surface area (Å²) in [6.07, 6.45) is -1.85. The van der Waals surface area contributed by atoms with Crippen molar-refractivity contribution < 1.29 is 24.6 Å². The minimum Gasteiger partial charge on any atom is -0.479 e. The first-order valence-corrected chi connectivity index (χ1v) is 11.3. The number of aliphatic carboxylic acids is 1. The molecule has 9 heteroatoms. The molecule has 0 aliphatic rings. The van der Waals surface area contributed by atoms with E-state index in [0.717, 1.165) is 16.7 Å². The second-order valence-electron chi connectivity index (χ2n) is 8.09. The van der Waals surface area contributed by atoms with Crippen molar-refractivity contribution in [1.82, 2.24) is 10.7 Å². The van der Waals surface area contributed by atoms with E-state index in [1.807, 2.05) is 49.4 Å². The molecule has 3 aromatic rings. The molecule has 0 fully saturated rings. The molecule has 0 aliphatic heterocycles. The highest BCUT2D eigenvalue weighted by Gasteiger charge is 2.25. The molecule has 0 heterocycles. The van der Waals surface area contributed by atoms with Crippen molar-refractivity contribution in [3.05, 3.63) is 88.9 Å². The third-order valence-corrected chi connectivity index (χ3v) is 5.59. The number of rotatable bonds is 9. The van der Waals surface area contributed by atoms with E-state index in [2.05, 4.69) is 16.2 Å². The smallest absolute Gasteiger partial charge is 0.332 e. The van der Waals surface area contributed by atoms with Crippen LogP contribution in [-0.4, -0.2) is 40.1 Å². The summed E-state index contributed by atoms with van der Waals surface area (Å²) in [5.41, 5.74) is 8.99. The van der Waals surface area contributed by atoms with E-state index in [4.69, 9.17) is 16.7 Å². The van der Waals surface area contributed by atoms with E-state index >= 15 is 0 Å². The molecule has 2 amide bonds. The molecule has 0 radical (unpaired) electrons. The average molecular weight is 496 g/mol. The van der Waals surface area contributed by atoms with Crippen LogP contribution in [0.1, 0.15) is 17.5 Å². The van der Waals surface area contributed by atoms with Crippen molar-refractivity contribution in [2.75, 3.05) is 5.43 Å². The Hall–Kier alpha value is -3.88. The quantitative estimate of drug-likeness (QED) is 0.229. The van der Waals surface area contributed by atoms with Gasteiger partial charge in [-0.15, -0.1) is 0 Å². The van der Waals surface area contributed by atoms with Gasteiger partial charge in [0, 0.05) is 23.0 Å². The number of nitrogens with one attached hydrogen (secondary N) is 3. The van der Waals surface area contributed by atoms with Crippen molar-refractivity contribution in [2.45, 2.75) is 31.9 Å². The fraction of sp³-hybridized carbons (Fsp3) is 0.192. The predicted molar refractivity (Wildman–Crippen MR) is 134 cm³/mol. The van der Waals surface area contributed by atoms with Gasteiger partial charge in [0.05, 0.1) is 5.69 Å². The number of halogens is 1. The zero-order chi connectivity index (χ0) is 25.4. The van der Waals surface area contributed by atoms with Crippen molar-refractivity contribution in [3.63, 3.8) is 0 Å². The third-order valence-electron chi connectivity index (χ3n) is 5.27. The first-order valence-electron chi connectivity index (χ1n) is 10.9. The molecular formula is C26H26ClN3O5. The van der Waals surface area contributed by atoms with Crippen LogP contribution in [0.25, 0.3) is 11.1 Å². The average Bonchev–Trinajstić information content (AvgIpc) is 2.83. The summed E-state index contributed by atoms with van der Waals surface area (Å²) in [4.78, 5) is 35.9. The van der Waals surface area contributed by atoms with Gasteiger partial charge >= 0.3 is 17.8 Å². The highest BCUT2D eigenvalue weighted by molar-refractivity contribution is 6.35. The topological polar surface area (TPSA) is 128 Å². The van der Waals surface area contributed by atoms with Gasteiger partial charge in [0.15, 0.2) is 6.10 Å². The number of hydrogen-bond donors (Lipinski definition) is 5. The Morgan fingerprint density at radius 3 is 2.34 bits per heavy atom. The third kappa shape index (κ3) is 7.56. The zero-order valence-electron chi connectivity index (χ0n) is 19.0. The lowest BCUT2D eigenvalue weighted by molar-refractivity contribution is -0.147. The Balaban J connectivity index is 1.69. The lowest BCUT2D eigenvalue weighted by Gasteiger charge is -2.21. The summed E-state index contributed by atoms with van der Waals surface area (Å²) < 4.78 is 0. The number of carboxylic acid groups (broad SMARTS) is 1. The number of benzene rings is 3. The van der Waals surface area contributed by atoms with Gasteiger partial charge in [0.2, 0.25) is 0 Å². The summed E-state index contributed by atoms with van der Waals surface area (Å²) >= 11 is 6.47. The van der Waals surface area contributed by atoms with E-state index in [1.165, 1.54) is 0 Å². The van der Waals surface area contributed by atoms with E-state index in [9.17, 15) is 19.5 Å². The molecule has 0 aliphatic carbocycles. The molecule has 0 spiro atoms. The van der Waals surface area contributed by atoms with Gasteiger partial charge in [0.1, 0.15) is 0 Å². The molecule has 3 rings (SSSR count). The first-order chi connectivity index (χ1) is 16.7. The van der Waals surface area contributed by atoms with Gasteiger partial charge in [-0.05, 0) is 48.2 Å². The minimum atomic E-state index is -1.71. The lowest BCUT2D eigenvalue weighted by Crippen LogP contribution is -2.48. The molecule has 2 atom stereocenters. The van der Waals surface area contributed by atoms with E-state index in [-0.39, 0.29) is 12.8 Å². The van der Waals surface area contributed by atoms with Gasteiger partial charge < -0.3 is 15.5 Å². The van der Waals surface area contributed by atoms with Crippen LogP contribution in [0.4, 0.5) is 5.69 Å². The molecule has 8 nitrogen and oxygen atoms in total. The maximum Gasteiger partial charge on any atom is 0.332 e. The monoisotopic (exact) mass is 495 g/mol. The molecule has 0 bridgehead atoms. The van der Waals surface area contributed by atoms with E-state index in [1.54, 1.807) is 30.3 Å². The van der Waals surface area contributed by atoms with Crippen LogP contribution >= 0.6 is 11.6 Å². The Morgan fingerprint density at radius 2 is 1.69 bits per heavy atom. The van der Waals surface area contributed by atoms with E-state index in [0.29, 0.717) is 16.3 Å². The highest BCUT2D eigenvalue weighted by Crippen LogP contribution is 2.29. The van der Waals surface area contributed by atoms with E-state index < -0.39 is 29.9 Å². The Morgan fingerprint density at radius 1 is 0.943 bits per heavy atom. The van der Waals surface area contributed by atoms with Gasteiger partial charge in [-0.3, -0.25) is 20.4 Å². The number of hydrazine groups is 1. The number of amides is 2. The Labute approximate surface area is 207 Å². The Kier molecular flexibility index (Phi) is 8.83. The number of aliphatic hydroxyl groups is 1. The maximum atomic E-state index is 12.5. The van der Waals surface area contributed by atoms with Crippen LogP contribution in [0.15, 0.2) is 72.8 Å². The van der Waals surface area contributed by atoms with Crippen LogP contribution in [0.3, 0.4) is 0 Å². The van der Waals surface area contributed by atoms with Crippen LogP contribution in [0.5, 0.6) is 0 Å². The molecule has 0 saturated carbocycles. The normalized spacial score (nSPS) is 12.3. The van der Waals surface area contributed by atoms with Crippen LogP contribution < -0.4 is 16.2 Å². The standard InChI is InChI=1S/C26H26ClN3O5/c1-16-6-5-9-19(12-16)29-30-25(33)24(32)28-20(15-23(31)26(34)35)13-17-10-11-21(22(27)14-17)18-7-3-2-4-8-18/h2-12,14,20,23,29,31H,13,15H2,1H3,(H,28,32)(H,30,33)(H,34,35)/t20-,23-/m1/s1. The number of carbonyl (C=O) groups is 3. The molecule has 182 valence electrons.